The highest BCUT2D eigenvalue weighted by Crippen LogP contribution is 2.26. The van der Waals surface area contributed by atoms with Crippen LogP contribution in [0.5, 0.6) is 0 Å². The van der Waals surface area contributed by atoms with Crippen molar-refractivity contribution in [2.24, 2.45) is 10.2 Å². The van der Waals surface area contributed by atoms with Gasteiger partial charge in [-0.1, -0.05) is 41.7 Å². The smallest absolute Gasteiger partial charge is 0.262 e. The molecule has 2 aromatic carbocycles. The minimum Gasteiger partial charge on any atom is -0.262 e. The van der Waals surface area contributed by atoms with Crippen molar-refractivity contribution in [1.29, 1.82) is 0 Å². The number of allylic oxidation sites excluding steroid dienone is 1. The first-order valence-electron chi connectivity index (χ1n) is 8.13. The maximum absolute atomic E-state index is 12.5. The van der Waals surface area contributed by atoms with Gasteiger partial charge in [0.25, 0.3) is 5.69 Å². The fraction of sp³-hybridized carbons (Fsp3) is 0. The molecule has 3 aromatic rings. The van der Waals surface area contributed by atoms with Crippen molar-refractivity contribution in [2.75, 3.05) is 0 Å². The Morgan fingerprint density at radius 3 is 2.68 bits per heavy atom. The summed E-state index contributed by atoms with van der Waals surface area (Å²) in [4.78, 5) is 23.5. The molecule has 0 radical (unpaired) electrons. The highest BCUT2D eigenvalue weighted by Gasteiger charge is 2.18. The van der Waals surface area contributed by atoms with Crippen LogP contribution in [0.4, 0.5) is 5.69 Å². The zero-order valence-electron chi connectivity index (χ0n) is 14.2. The van der Waals surface area contributed by atoms with Gasteiger partial charge in [-0.15, -0.1) is 17.7 Å². The van der Waals surface area contributed by atoms with Crippen molar-refractivity contribution in [1.82, 2.24) is 4.57 Å². The van der Waals surface area contributed by atoms with Crippen LogP contribution in [0.25, 0.3) is 11.8 Å². The van der Waals surface area contributed by atoms with Crippen LogP contribution in [0.1, 0.15) is 10.4 Å². The summed E-state index contributed by atoms with van der Waals surface area (Å²) in [6.45, 7) is 0. The van der Waals surface area contributed by atoms with Crippen LogP contribution in [0, 0.1) is 10.1 Å². The van der Waals surface area contributed by atoms with Crippen LogP contribution in [0.2, 0.25) is 0 Å². The molecule has 2 heterocycles. The zero-order chi connectivity index (χ0) is 19.7. The predicted molar refractivity (Wildman–Crippen MR) is 113 cm³/mol. The molecular formula is C19H12N4O3S2. The lowest BCUT2D eigenvalue weighted by molar-refractivity contribution is -0.384. The van der Waals surface area contributed by atoms with Crippen molar-refractivity contribution in [2.45, 2.75) is 5.03 Å². The first kappa shape index (κ1) is 18.1. The fourth-order valence-corrected chi connectivity index (χ4v) is 4.11. The number of para-hydroxylation sites is 1. The molecule has 0 unspecified atom stereocenters. The third-order valence-electron chi connectivity index (χ3n) is 4.07. The topological polar surface area (TPSA) is 89.9 Å². The summed E-state index contributed by atoms with van der Waals surface area (Å²) in [5.41, 5.74) is 2.43. The van der Waals surface area contributed by atoms with E-state index in [0.717, 1.165) is 17.0 Å². The third-order valence-corrected chi connectivity index (χ3v) is 5.55. The van der Waals surface area contributed by atoms with Crippen molar-refractivity contribution in [3.05, 3.63) is 90.4 Å². The van der Waals surface area contributed by atoms with E-state index in [1.165, 1.54) is 16.7 Å². The van der Waals surface area contributed by atoms with Crippen LogP contribution >= 0.6 is 24.0 Å². The van der Waals surface area contributed by atoms with Gasteiger partial charge in [0.15, 0.2) is 0 Å². The van der Waals surface area contributed by atoms with Gasteiger partial charge in [0.05, 0.1) is 26.7 Å². The molecule has 0 spiro atoms. The minimum absolute atomic E-state index is 0.0266. The van der Waals surface area contributed by atoms with Gasteiger partial charge in [0.1, 0.15) is 5.71 Å². The van der Waals surface area contributed by atoms with E-state index in [0.29, 0.717) is 26.8 Å². The Balaban J connectivity index is 1.75. The van der Waals surface area contributed by atoms with Crippen molar-refractivity contribution in [3.8, 4) is 5.69 Å². The Hall–Kier alpha value is -3.30. The SMILES string of the molecule is O=c1sc(/C=C2/C=NN=C2c2cccc([N+](=O)[O-])c2)c(S)n1-c1ccccc1. The summed E-state index contributed by atoms with van der Waals surface area (Å²) in [6.07, 6.45) is 3.32. The van der Waals surface area contributed by atoms with Crippen LogP contribution in [-0.2, 0) is 0 Å². The highest BCUT2D eigenvalue weighted by atomic mass is 32.1. The lowest BCUT2D eigenvalue weighted by Gasteiger charge is -2.04. The number of hydrogen-bond donors (Lipinski definition) is 1. The van der Waals surface area contributed by atoms with Gasteiger partial charge in [-0.05, 0) is 18.2 Å². The lowest BCUT2D eigenvalue weighted by Crippen LogP contribution is -2.10. The fourth-order valence-electron chi connectivity index (χ4n) is 2.79. The predicted octanol–water partition coefficient (Wildman–Crippen LogP) is 3.97. The van der Waals surface area contributed by atoms with Gasteiger partial charge in [-0.3, -0.25) is 19.5 Å². The first-order valence-corrected chi connectivity index (χ1v) is 9.39. The number of thiol groups is 1. The molecule has 0 aliphatic carbocycles. The normalized spacial score (nSPS) is 14.5. The number of non-ortho nitro benzene ring substituents is 1. The number of aromatic nitrogens is 1. The average molecular weight is 408 g/mol. The van der Waals surface area contributed by atoms with Gasteiger partial charge < -0.3 is 0 Å². The molecule has 0 atom stereocenters. The minimum atomic E-state index is -0.458. The van der Waals surface area contributed by atoms with Gasteiger partial charge >= 0.3 is 4.87 Å². The standard InChI is InChI=1S/C19H12N4O3S2/c24-19-22(14-6-2-1-3-7-14)18(27)16(28-19)10-13-11-20-21-17(13)12-5-4-8-15(9-12)23(25)26/h1-11,27H/b13-10-. The second-order valence-electron chi connectivity index (χ2n) is 5.83. The largest absolute Gasteiger partial charge is 0.313 e. The molecule has 0 N–H and O–H groups in total. The maximum Gasteiger partial charge on any atom is 0.313 e. The van der Waals surface area contributed by atoms with Gasteiger partial charge in [0.2, 0.25) is 0 Å². The Bertz CT molecular complexity index is 1220. The second-order valence-corrected chi connectivity index (χ2v) is 7.24. The number of nitrogens with zero attached hydrogens (tertiary/aromatic N) is 4. The molecule has 0 saturated heterocycles. The van der Waals surface area contributed by atoms with Crippen LogP contribution < -0.4 is 4.87 Å². The van der Waals surface area contributed by atoms with Crippen LogP contribution in [0.3, 0.4) is 0 Å². The zero-order valence-corrected chi connectivity index (χ0v) is 15.9. The number of hydrogen-bond acceptors (Lipinski definition) is 7. The molecule has 4 rings (SSSR count). The van der Waals surface area contributed by atoms with Gasteiger partial charge in [-0.25, -0.2) is 0 Å². The number of nitro groups is 1. The average Bonchev–Trinajstić information content (AvgIpc) is 3.27. The monoisotopic (exact) mass is 408 g/mol. The summed E-state index contributed by atoms with van der Waals surface area (Å²) < 4.78 is 1.52. The third kappa shape index (κ3) is 3.32. The maximum atomic E-state index is 12.5. The molecular weight excluding hydrogens is 396 g/mol. The Morgan fingerprint density at radius 2 is 1.93 bits per heavy atom. The molecule has 0 bridgehead atoms. The summed E-state index contributed by atoms with van der Waals surface area (Å²) >= 11 is 5.59. The molecule has 7 nitrogen and oxygen atoms in total. The molecule has 0 fully saturated rings. The number of nitro benzene ring substituents is 1. The summed E-state index contributed by atoms with van der Waals surface area (Å²) in [5, 5.41) is 19.6. The van der Waals surface area contributed by atoms with E-state index in [1.54, 1.807) is 24.4 Å². The Kier molecular flexibility index (Phi) is 4.76. The molecule has 9 heteroatoms. The van der Waals surface area contributed by atoms with Gasteiger partial charge in [-0.2, -0.15) is 5.10 Å². The van der Waals surface area contributed by atoms with E-state index in [1.807, 2.05) is 30.3 Å². The highest BCUT2D eigenvalue weighted by molar-refractivity contribution is 7.80. The molecule has 1 aromatic heterocycles. The van der Waals surface area contributed by atoms with Gasteiger partial charge in [0, 0.05) is 23.3 Å². The Labute approximate surface area is 168 Å². The van der Waals surface area contributed by atoms with E-state index in [2.05, 4.69) is 22.8 Å². The molecule has 0 saturated carbocycles. The van der Waals surface area contributed by atoms with E-state index in [-0.39, 0.29) is 10.6 Å². The number of benzene rings is 2. The second kappa shape index (κ2) is 7.37. The van der Waals surface area contributed by atoms with E-state index >= 15 is 0 Å². The van der Waals surface area contributed by atoms with E-state index < -0.39 is 4.92 Å². The van der Waals surface area contributed by atoms with Crippen LogP contribution in [0.15, 0.2) is 80.2 Å². The lowest BCUT2D eigenvalue weighted by atomic mass is 10.0. The van der Waals surface area contributed by atoms with E-state index in [9.17, 15) is 14.9 Å². The van der Waals surface area contributed by atoms with E-state index in [4.69, 9.17) is 0 Å². The number of thiazole rings is 1. The van der Waals surface area contributed by atoms with Crippen molar-refractivity contribution in [3.63, 3.8) is 0 Å². The number of rotatable bonds is 4. The molecule has 1 aliphatic rings. The quantitative estimate of drug-likeness (QED) is 0.402. The summed E-state index contributed by atoms with van der Waals surface area (Å²) in [5.74, 6) is 0. The molecule has 28 heavy (non-hydrogen) atoms. The van der Waals surface area contributed by atoms with Crippen molar-refractivity contribution >= 4 is 47.7 Å². The molecule has 138 valence electrons. The van der Waals surface area contributed by atoms with Crippen molar-refractivity contribution < 1.29 is 4.92 Å². The summed E-state index contributed by atoms with van der Waals surface area (Å²) in [6, 6.07) is 15.4. The molecule has 1 aliphatic heterocycles. The summed E-state index contributed by atoms with van der Waals surface area (Å²) in [7, 11) is 0. The van der Waals surface area contributed by atoms with Crippen LogP contribution in [-0.4, -0.2) is 21.4 Å². The molecule has 0 amide bonds. The Morgan fingerprint density at radius 1 is 1.14 bits per heavy atom. The first-order chi connectivity index (χ1) is 13.5.